The number of aromatic nitrogens is 1. The van der Waals surface area contributed by atoms with Gasteiger partial charge in [0, 0.05) is 6.04 Å². The summed E-state index contributed by atoms with van der Waals surface area (Å²) in [4.78, 5) is 4.91. The molecule has 3 nitrogen and oxygen atoms in total. The lowest BCUT2D eigenvalue weighted by Gasteiger charge is -2.03. The Morgan fingerprint density at radius 2 is 2.36 bits per heavy atom. The van der Waals surface area contributed by atoms with Gasteiger partial charge in [-0.1, -0.05) is 28.5 Å². The van der Waals surface area contributed by atoms with Crippen molar-refractivity contribution < 1.29 is 4.74 Å². The molecule has 14 heavy (non-hydrogen) atoms. The molecule has 0 saturated heterocycles. The number of nitrogens with two attached hydrogens (primary N) is 1. The lowest BCUT2D eigenvalue weighted by atomic mass is 10.1. The van der Waals surface area contributed by atoms with Crippen LogP contribution in [-0.4, -0.2) is 18.1 Å². The number of methoxy groups -OCH3 is 1. The van der Waals surface area contributed by atoms with Crippen molar-refractivity contribution >= 4 is 29.0 Å². The van der Waals surface area contributed by atoms with Crippen molar-refractivity contribution in [2.24, 2.45) is 5.73 Å². The smallest absolute Gasteiger partial charge is 0.274 e. The third-order valence-electron chi connectivity index (χ3n) is 1.84. The van der Waals surface area contributed by atoms with Crippen LogP contribution in [0.3, 0.4) is 0 Å². The van der Waals surface area contributed by atoms with Gasteiger partial charge in [0.05, 0.1) is 12.0 Å². The van der Waals surface area contributed by atoms with E-state index in [1.165, 1.54) is 11.3 Å². The van der Waals surface area contributed by atoms with E-state index < -0.39 is 0 Å². The summed E-state index contributed by atoms with van der Waals surface area (Å²) in [6, 6.07) is 0.0270. The normalized spacial score (nSPS) is 14.2. The van der Waals surface area contributed by atoms with Gasteiger partial charge in [-0.3, -0.25) is 0 Å². The minimum atomic E-state index is 0.0270. The van der Waals surface area contributed by atoms with Gasteiger partial charge in [-0.05, 0) is 19.9 Å². The second-order valence-corrected chi connectivity index (χ2v) is 4.37. The Labute approximate surface area is 92.5 Å². The molecule has 0 aromatic carbocycles. The maximum absolute atomic E-state index is 5.91. The highest BCUT2D eigenvalue weighted by Crippen LogP contribution is 2.30. The number of rotatable bonds is 3. The van der Waals surface area contributed by atoms with Gasteiger partial charge in [-0.2, -0.15) is 4.98 Å². The van der Waals surface area contributed by atoms with E-state index in [-0.39, 0.29) is 6.04 Å². The van der Waals surface area contributed by atoms with Gasteiger partial charge in [-0.25, -0.2) is 0 Å². The van der Waals surface area contributed by atoms with Crippen LogP contribution in [0.1, 0.15) is 18.7 Å². The standard InChI is InChI=1S/C9H13ClN2OS/c1-5(6(2)11)4-7-8(10)12-9(13-3)14-7/h4,6H,11H2,1-3H3/b5-4-. The monoisotopic (exact) mass is 232 g/mol. The fourth-order valence-electron chi connectivity index (χ4n) is 0.809. The van der Waals surface area contributed by atoms with E-state index in [4.69, 9.17) is 22.1 Å². The van der Waals surface area contributed by atoms with Crippen molar-refractivity contribution in [3.8, 4) is 5.19 Å². The van der Waals surface area contributed by atoms with Crippen molar-refractivity contribution in [2.75, 3.05) is 7.11 Å². The van der Waals surface area contributed by atoms with Crippen LogP contribution < -0.4 is 10.5 Å². The fourth-order valence-corrected chi connectivity index (χ4v) is 1.89. The zero-order valence-electron chi connectivity index (χ0n) is 8.37. The molecule has 2 N–H and O–H groups in total. The van der Waals surface area contributed by atoms with Gasteiger partial charge in [0.2, 0.25) is 0 Å². The number of hydrogen-bond donors (Lipinski definition) is 1. The first-order valence-electron chi connectivity index (χ1n) is 4.18. The average molecular weight is 233 g/mol. The molecule has 1 heterocycles. The molecule has 1 rings (SSSR count). The zero-order valence-corrected chi connectivity index (χ0v) is 9.95. The molecule has 0 amide bonds. The predicted octanol–water partition coefficient (Wildman–Crippen LogP) is 2.56. The first-order valence-corrected chi connectivity index (χ1v) is 5.38. The van der Waals surface area contributed by atoms with E-state index in [2.05, 4.69) is 4.98 Å². The summed E-state index contributed by atoms with van der Waals surface area (Å²) < 4.78 is 4.98. The number of thiazole rings is 1. The number of nitrogens with zero attached hydrogens (tertiary/aromatic N) is 1. The van der Waals surface area contributed by atoms with E-state index in [0.29, 0.717) is 10.3 Å². The highest BCUT2D eigenvalue weighted by Gasteiger charge is 2.08. The molecule has 0 bridgehead atoms. The molecule has 0 aliphatic rings. The largest absolute Gasteiger partial charge is 0.473 e. The van der Waals surface area contributed by atoms with E-state index in [1.54, 1.807) is 7.11 Å². The highest BCUT2D eigenvalue weighted by molar-refractivity contribution is 7.14. The van der Waals surface area contributed by atoms with Crippen molar-refractivity contribution in [2.45, 2.75) is 19.9 Å². The summed E-state index contributed by atoms with van der Waals surface area (Å²) >= 11 is 7.31. The van der Waals surface area contributed by atoms with Crippen molar-refractivity contribution in [3.63, 3.8) is 0 Å². The Hall–Kier alpha value is -0.580. The van der Waals surface area contributed by atoms with Crippen molar-refractivity contribution in [1.29, 1.82) is 0 Å². The first kappa shape index (κ1) is 11.5. The molecule has 0 radical (unpaired) electrons. The van der Waals surface area contributed by atoms with E-state index in [0.717, 1.165) is 10.5 Å². The van der Waals surface area contributed by atoms with Crippen molar-refractivity contribution in [1.82, 2.24) is 4.98 Å². The molecule has 0 fully saturated rings. The van der Waals surface area contributed by atoms with Gasteiger partial charge in [0.1, 0.15) is 0 Å². The minimum absolute atomic E-state index is 0.0270. The topological polar surface area (TPSA) is 48.1 Å². The summed E-state index contributed by atoms with van der Waals surface area (Å²) in [6.45, 7) is 3.89. The summed E-state index contributed by atoms with van der Waals surface area (Å²) in [5.41, 5.74) is 6.78. The maximum Gasteiger partial charge on any atom is 0.274 e. The van der Waals surface area contributed by atoms with Crippen LogP contribution in [0.5, 0.6) is 5.19 Å². The van der Waals surface area contributed by atoms with Crippen LogP contribution in [0.15, 0.2) is 5.57 Å². The van der Waals surface area contributed by atoms with Crippen LogP contribution >= 0.6 is 22.9 Å². The SMILES string of the molecule is COc1nc(Cl)c(/C=C(/C)C(C)N)s1. The number of ether oxygens (including phenoxy) is 1. The van der Waals surface area contributed by atoms with E-state index in [1.807, 2.05) is 19.9 Å². The van der Waals surface area contributed by atoms with Gasteiger partial charge < -0.3 is 10.5 Å². The molecular formula is C9H13ClN2OS. The highest BCUT2D eigenvalue weighted by atomic mass is 35.5. The van der Waals surface area contributed by atoms with E-state index in [9.17, 15) is 0 Å². The van der Waals surface area contributed by atoms with Crippen LogP contribution in [0.2, 0.25) is 5.15 Å². The van der Waals surface area contributed by atoms with Gasteiger partial charge >= 0.3 is 0 Å². The summed E-state index contributed by atoms with van der Waals surface area (Å²) in [5.74, 6) is 0. The molecular weight excluding hydrogens is 220 g/mol. The second kappa shape index (κ2) is 4.77. The first-order chi connectivity index (χ1) is 6.54. The molecule has 1 aromatic heterocycles. The average Bonchev–Trinajstić information content (AvgIpc) is 2.47. The second-order valence-electron chi connectivity index (χ2n) is 3.02. The Kier molecular flexibility index (Phi) is 3.92. The minimum Gasteiger partial charge on any atom is -0.473 e. The molecule has 1 atom stereocenters. The van der Waals surface area contributed by atoms with Crippen LogP contribution in [0, 0.1) is 0 Å². The molecule has 0 aliphatic heterocycles. The third-order valence-corrected chi connectivity index (χ3v) is 3.21. The van der Waals surface area contributed by atoms with Gasteiger partial charge in [0.25, 0.3) is 5.19 Å². The predicted molar refractivity (Wildman–Crippen MR) is 61.0 cm³/mol. The van der Waals surface area contributed by atoms with Gasteiger partial charge in [0.15, 0.2) is 5.15 Å². The Bertz CT molecular complexity index is 347. The van der Waals surface area contributed by atoms with Crippen LogP contribution in [-0.2, 0) is 0 Å². The molecule has 5 heteroatoms. The Balaban J connectivity index is 2.96. The summed E-state index contributed by atoms with van der Waals surface area (Å²) in [7, 11) is 1.57. The Morgan fingerprint density at radius 1 is 1.71 bits per heavy atom. The zero-order chi connectivity index (χ0) is 10.7. The molecule has 0 spiro atoms. The lowest BCUT2D eigenvalue weighted by Crippen LogP contribution is -2.15. The molecule has 0 saturated carbocycles. The fraction of sp³-hybridized carbons (Fsp3) is 0.444. The van der Waals surface area contributed by atoms with Gasteiger partial charge in [-0.15, -0.1) is 0 Å². The molecule has 0 aliphatic carbocycles. The van der Waals surface area contributed by atoms with Crippen LogP contribution in [0.4, 0.5) is 0 Å². The van der Waals surface area contributed by atoms with E-state index >= 15 is 0 Å². The molecule has 1 aromatic rings. The van der Waals surface area contributed by atoms with Crippen LogP contribution in [0.25, 0.3) is 6.08 Å². The summed E-state index contributed by atoms with van der Waals surface area (Å²) in [6.07, 6.45) is 1.94. The summed E-state index contributed by atoms with van der Waals surface area (Å²) in [5, 5.41) is 1.03. The third kappa shape index (κ3) is 2.70. The Morgan fingerprint density at radius 3 is 2.79 bits per heavy atom. The molecule has 78 valence electrons. The quantitative estimate of drug-likeness (QED) is 0.872. The number of halogens is 1. The lowest BCUT2D eigenvalue weighted by molar-refractivity contribution is 0.412. The number of hydrogen-bond acceptors (Lipinski definition) is 4. The van der Waals surface area contributed by atoms with Crippen molar-refractivity contribution in [3.05, 3.63) is 15.6 Å². The molecule has 1 unspecified atom stereocenters. The maximum atomic E-state index is 5.91.